The molecular weight excluding hydrogens is 250 g/mol. The molecule has 1 aromatic rings. The van der Waals surface area contributed by atoms with E-state index in [1.54, 1.807) is 0 Å². The minimum atomic E-state index is -0.121. The van der Waals surface area contributed by atoms with Gasteiger partial charge in [0.25, 0.3) is 0 Å². The van der Waals surface area contributed by atoms with Crippen LogP contribution in [-0.4, -0.2) is 18.8 Å². The second kappa shape index (κ2) is 6.49. The van der Waals surface area contributed by atoms with Crippen molar-refractivity contribution < 1.29 is 9.47 Å². The molecule has 20 heavy (non-hydrogen) atoms. The number of fused-ring (bicyclic) bond motifs is 1. The molecule has 2 rings (SSSR count). The van der Waals surface area contributed by atoms with Crippen LogP contribution >= 0.6 is 0 Å². The Hall–Kier alpha value is -1.22. The Balaban J connectivity index is 2.19. The molecule has 0 amide bonds. The maximum absolute atomic E-state index is 6.08. The van der Waals surface area contributed by atoms with Crippen LogP contribution in [0.3, 0.4) is 0 Å². The Morgan fingerprint density at radius 3 is 2.85 bits per heavy atom. The molecule has 0 saturated carbocycles. The normalized spacial score (nSPS) is 20.1. The van der Waals surface area contributed by atoms with Gasteiger partial charge in [-0.15, -0.1) is 0 Å². The fraction of sp³-hybridized carbons (Fsp3) is 0.647. The van der Waals surface area contributed by atoms with Gasteiger partial charge in [-0.3, -0.25) is 0 Å². The lowest BCUT2D eigenvalue weighted by Gasteiger charge is -2.38. The SMILES string of the molecule is CCCCOc1ccc2c(c1)C(NCC)CC(C)(C)O2. The number of ether oxygens (including phenoxy) is 2. The van der Waals surface area contributed by atoms with E-state index in [4.69, 9.17) is 9.47 Å². The Bertz CT molecular complexity index is 443. The van der Waals surface area contributed by atoms with Crippen molar-refractivity contribution in [2.45, 2.75) is 58.6 Å². The Morgan fingerprint density at radius 2 is 2.15 bits per heavy atom. The van der Waals surface area contributed by atoms with Crippen molar-refractivity contribution in [3.8, 4) is 11.5 Å². The summed E-state index contributed by atoms with van der Waals surface area (Å²) in [6.45, 7) is 10.4. The lowest BCUT2D eigenvalue weighted by Crippen LogP contribution is -2.39. The molecule has 0 fully saturated rings. The fourth-order valence-corrected chi connectivity index (χ4v) is 2.69. The number of rotatable bonds is 6. The van der Waals surface area contributed by atoms with Crippen molar-refractivity contribution in [1.82, 2.24) is 5.32 Å². The Labute approximate surface area is 122 Å². The molecule has 0 aromatic heterocycles. The topological polar surface area (TPSA) is 30.5 Å². The molecular formula is C17H27NO2. The van der Waals surface area contributed by atoms with Crippen LogP contribution in [0.5, 0.6) is 11.5 Å². The van der Waals surface area contributed by atoms with Gasteiger partial charge in [0.05, 0.1) is 6.61 Å². The van der Waals surface area contributed by atoms with Crippen molar-refractivity contribution in [3.05, 3.63) is 23.8 Å². The van der Waals surface area contributed by atoms with Gasteiger partial charge >= 0.3 is 0 Å². The molecule has 1 aromatic carbocycles. The molecule has 1 unspecified atom stereocenters. The maximum atomic E-state index is 6.08. The van der Waals surface area contributed by atoms with E-state index in [2.05, 4.69) is 39.1 Å². The van der Waals surface area contributed by atoms with Gasteiger partial charge in [0.2, 0.25) is 0 Å². The van der Waals surface area contributed by atoms with Crippen LogP contribution in [-0.2, 0) is 0 Å². The highest BCUT2D eigenvalue weighted by atomic mass is 16.5. The monoisotopic (exact) mass is 277 g/mol. The van der Waals surface area contributed by atoms with Crippen LogP contribution in [0.25, 0.3) is 0 Å². The molecule has 0 bridgehead atoms. The fourth-order valence-electron chi connectivity index (χ4n) is 2.69. The van der Waals surface area contributed by atoms with Gasteiger partial charge in [0, 0.05) is 18.0 Å². The van der Waals surface area contributed by atoms with Crippen molar-refractivity contribution in [2.24, 2.45) is 0 Å². The highest BCUT2D eigenvalue weighted by molar-refractivity contribution is 5.44. The lowest BCUT2D eigenvalue weighted by molar-refractivity contribution is 0.0662. The van der Waals surface area contributed by atoms with E-state index >= 15 is 0 Å². The molecule has 0 saturated heterocycles. The molecule has 112 valence electrons. The first-order valence-electron chi connectivity index (χ1n) is 7.75. The predicted molar refractivity (Wildman–Crippen MR) is 82.6 cm³/mol. The lowest BCUT2D eigenvalue weighted by atomic mass is 9.89. The van der Waals surface area contributed by atoms with Gasteiger partial charge < -0.3 is 14.8 Å². The highest BCUT2D eigenvalue weighted by Crippen LogP contribution is 2.41. The number of nitrogens with one attached hydrogen (secondary N) is 1. The summed E-state index contributed by atoms with van der Waals surface area (Å²) in [5.74, 6) is 1.93. The van der Waals surface area contributed by atoms with Crippen molar-refractivity contribution in [3.63, 3.8) is 0 Å². The third-order valence-corrected chi connectivity index (χ3v) is 3.66. The van der Waals surface area contributed by atoms with Crippen LogP contribution in [0, 0.1) is 0 Å². The number of benzene rings is 1. The van der Waals surface area contributed by atoms with Crippen molar-refractivity contribution >= 4 is 0 Å². The average Bonchev–Trinajstić information content (AvgIpc) is 2.39. The summed E-state index contributed by atoms with van der Waals surface area (Å²) in [7, 11) is 0. The summed E-state index contributed by atoms with van der Waals surface area (Å²) in [6.07, 6.45) is 3.23. The molecule has 1 heterocycles. The first-order valence-corrected chi connectivity index (χ1v) is 7.75. The van der Waals surface area contributed by atoms with E-state index in [1.807, 2.05) is 12.1 Å². The molecule has 3 heteroatoms. The Kier molecular flexibility index (Phi) is 4.92. The summed E-state index contributed by atoms with van der Waals surface area (Å²) in [5, 5.41) is 3.56. The van der Waals surface area contributed by atoms with Crippen molar-refractivity contribution in [2.75, 3.05) is 13.2 Å². The van der Waals surface area contributed by atoms with Gasteiger partial charge in [0.15, 0.2) is 0 Å². The highest BCUT2D eigenvalue weighted by Gasteiger charge is 2.33. The summed E-state index contributed by atoms with van der Waals surface area (Å²) in [4.78, 5) is 0. The number of hydrogen-bond acceptors (Lipinski definition) is 3. The standard InChI is InChI=1S/C17H27NO2/c1-5-7-10-19-13-8-9-16-14(11-13)15(18-6-2)12-17(3,4)20-16/h8-9,11,15,18H,5-7,10,12H2,1-4H3. The molecule has 1 N–H and O–H groups in total. The predicted octanol–water partition coefficient (Wildman–Crippen LogP) is 4.08. The largest absolute Gasteiger partial charge is 0.494 e. The van der Waals surface area contributed by atoms with E-state index in [0.717, 1.165) is 43.9 Å². The molecule has 0 spiro atoms. The van der Waals surface area contributed by atoms with Gasteiger partial charge in [-0.25, -0.2) is 0 Å². The minimum Gasteiger partial charge on any atom is -0.494 e. The second-order valence-corrected chi connectivity index (χ2v) is 6.08. The van der Waals surface area contributed by atoms with E-state index < -0.39 is 0 Å². The van der Waals surface area contributed by atoms with E-state index in [-0.39, 0.29) is 5.60 Å². The first-order chi connectivity index (χ1) is 9.55. The third kappa shape index (κ3) is 3.66. The summed E-state index contributed by atoms with van der Waals surface area (Å²) >= 11 is 0. The molecule has 1 aliphatic rings. The quantitative estimate of drug-likeness (QED) is 0.795. The van der Waals surface area contributed by atoms with Gasteiger partial charge in [-0.1, -0.05) is 20.3 Å². The van der Waals surface area contributed by atoms with Gasteiger partial charge in [-0.2, -0.15) is 0 Å². The van der Waals surface area contributed by atoms with E-state index in [1.165, 1.54) is 5.56 Å². The summed E-state index contributed by atoms with van der Waals surface area (Å²) in [5.41, 5.74) is 1.10. The van der Waals surface area contributed by atoms with Gasteiger partial charge in [0.1, 0.15) is 17.1 Å². The van der Waals surface area contributed by atoms with Crippen LogP contribution in [0.2, 0.25) is 0 Å². The number of hydrogen-bond donors (Lipinski definition) is 1. The third-order valence-electron chi connectivity index (χ3n) is 3.66. The molecule has 3 nitrogen and oxygen atoms in total. The van der Waals surface area contributed by atoms with E-state index in [9.17, 15) is 0 Å². The number of unbranched alkanes of at least 4 members (excludes halogenated alkanes) is 1. The summed E-state index contributed by atoms with van der Waals surface area (Å²) in [6, 6.07) is 6.53. The van der Waals surface area contributed by atoms with Crippen LogP contribution in [0.15, 0.2) is 18.2 Å². The summed E-state index contributed by atoms with van der Waals surface area (Å²) < 4.78 is 11.9. The minimum absolute atomic E-state index is 0.121. The Morgan fingerprint density at radius 1 is 1.35 bits per heavy atom. The second-order valence-electron chi connectivity index (χ2n) is 6.08. The van der Waals surface area contributed by atoms with E-state index in [0.29, 0.717) is 6.04 Å². The molecule has 0 radical (unpaired) electrons. The average molecular weight is 277 g/mol. The zero-order valence-electron chi connectivity index (χ0n) is 13.2. The van der Waals surface area contributed by atoms with Crippen LogP contribution in [0.1, 0.15) is 58.6 Å². The van der Waals surface area contributed by atoms with Crippen molar-refractivity contribution in [1.29, 1.82) is 0 Å². The van der Waals surface area contributed by atoms with Crippen LogP contribution < -0.4 is 14.8 Å². The first kappa shape index (κ1) is 15.2. The van der Waals surface area contributed by atoms with Gasteiger partial charge in [-0.05, 0) is 45.0 Å². The zero-order valence-corrected chi connectivity index (χ0v) is 13.2. The molecule has 1 atom stereocenters. The molecule has 0 aliphatic carbocycles. The zero-order chi connectivity index (χ0) is 14.6. The maximum Gasteiger partial charge on any atom is 0.125 e. The molecule has 1 aliphatic heterocycles. The smallest absolute Gasteiger partial charge is 0.125 e. The van der Waals surface area contributed by atoms with Crippen LogP contribution in [0.4, 0.5) is 0 Å².